The first-order valence-corrected chi connectivity index (χ1v) is 9.34. The maximum atomic E-state index is 12.3. The van der Waals surface area contributed by atoms with Gasteiger partial charge in [-0.25, -0.2) is 0 Å². The monoisotopic (exact) mass is 373 g/mol. The first-order valence-electron chi connectivity index (χ1n) is 9.34. The van der Waals surface area contributed by atoms with Crippen molar-refractivity contribution in [2.24, 2.45) is 11.8 Å². The van der Waals surface area contributed by atoms with Gasteiger partial charge in [-0.2, -0.15) is 5.26 Å². The number of esters is 1. The Bertz CT molecular complexity index is 691. The second kappa shape index (κ2) is 7.91. The number of hydrogen-bond acceptors (Lipinski definition) is 6. The smallest absolute Gasteiger partial charge is 0.308 e. The van der Waals surface area contributed by atoms with Crippen LogP contribution in [0.5, 0.6) is 0 Å². The van der Waals surface area contributed by atoms with Crippen molar-refractivity contribution in [2.75, 3.05) is 13.2 Å². The van der Waals surface area contributed by atoms with Crippen molar-refractivity contribution >= 4 is 23.7 Å². The van der Waals surface area contributed by atoms with Gasteiger partial charge in [0.1, 0.15) is 5.54 Å². The largest absolute Gasteiger partial charge is 0.456 e. The maximum Gasteiger partial charge on any atom is 0.308 e. The molecule has 8 heteroatoms. The van der Waals surface area contributed by atoms with E-state index in [4.69, 9.17) is 4.74 Å². The number of nitrogens with one attached hydrogen (secondary N) is 1. The summed E-state index contributed by atoms with van der Waals surface area (Å²) in [6.45, 7) is -0.507. The van der Waals surface area contributed by atoms with Crippen LogP contribution in [0.2, 0.25) is 0 Å². The van der Waals surface area contributed by atoms with Crippen molar-refractivity contribution in [3.63, 3.8) is 0 Å². The molecule has 2 aliphatic carbocycles. The number of hydrogen-bond donors (Lipinski definition) is 1. The molecule has 1 aliphatic heterocycles. The minimum absolute atomic E-state index is 0.0345. The van der Waals surface area contributed by atoms with Gasteiger partial charge in [0.15, 0.2) is 6.61 Å². The summed E-state index contributed by atoms with van der Waals surface area (Å²) >= 11 is 0. The molecule has 0 radical (unpaired) electrons. The Morgan fingerprint density at radius 1 is 1.19 bits per heavy atom. The molecule has 0 spiro atoms. The number of nitriles is 1. The van der Waals surface area contributed by atoms with Gasteiger partial charge in [0.25, 0.3) is 5.91 Å². The molecule has 0 aromatic carbocycles. The fourth-order valence-corrected chi connectivity index (χ4v) is 4.06. The summed E-state index contributed by atoms with van der Waals surface area (Å²) in [4.78, 5) is 49.6. The van der Waals surface area contributed by atoms with E-state index in [1.165, 1.54) is 0 Å². The van der Waals surface area contributed by atoms with Gasteiger partial charge in [0.2, 0.25) is 11.8 Å². The third-order valence-corrected chi connectivity index (χ3v) is 5.55. The maximum absolute atomic E-state index is 12.3. The highest BCUT2D eigenvalue weighted by atomic mass is 16.5. The Labute approximate surface area is 157 Å². The zero-order valence-electron chi connectivity index (χ0n) is 15.1. The van der Waals surface area contributed by atoms with Crippen molar-refractivity contribution < 1.29 is 23.9 Å². The molecule has 3 aliphatic rings. The Kier molecular flexibility index (Phi) is 5.59. The van der Waals surface area contributed by atoms with Crippen LogP contribution in [0.3, 0.4) is 0 Å². The van der Waals surface area contributed by atoms with Gasteiger partial charge in [-0.15, -0.1) is 0 Å². The van der Waals surface area contributed by atoms with E-state index < -0.39 is 24.0 Å². The lowest BCUT2D eigenvalue weighted by atomic mass is 9.85. The summed E-state index contributed by atoms with van der Waals surface area (Å²) in [5.41, 5.74) is -0.859. The first kappa shape index (κ1) is 19.1. The number of amides is 3. The molecule has 2 fully saturated rings. The highest BCUT2D eigenvalue weighted by Gasteiger charge is 2.47. The molecule has 0 unspecified atom stereocenters. The lowest BCUT2D eigenvalue weighted by Crippen LogP contribution is -2.46. The van der Waals surface area contributed by atoms with Gasteiger partial charge in [-0.1, -0.05) is 12.2 Å². The minimum Gasteiger partial charge on any atom is -0.456 e. The number of imide groups is 1. The van der Waals surface area contributed by atoms with Crippen LogP contribution in [0, 0.1) is 23.2 Å². The summed E-state index contributed by atoms with van der Waals surface area (Å²) in [5, 5.41) is 11.9. The SMILES string of the molecule is N#CC1(NC(=O)COC(=O)CCN2C(=O)[C@H]3CC=CC[C@@H]3C2=O)CCCC1. The number of ether oxygens (including phenoxy) is 1. The van der Waals surface area contributed by atoms with E-state index in [1.807, 2.05) is 12.2 Å². The Hall–Kier alpha value is -2.69. The van der Waals surface area contributed by atoms with E-state index in [-0.39, 0.29) is 36.6 Å². The average Bonchev–Trinajstić information content (AvgIpc) is 3.23. The zero-order valence-corrected chi connectivity index (χ0v) is 15.1. The van der Waals surface area contributed by atoms with E-state index in [0.29, 0.717) is 25.7 Å². The molecule has 8 nitrogen and oxygen atoms in total. The van der Waals surface area contributed by atoms with E-state index in [9.17, 15) is 24.4 Å². The normalized spacial score (nSPS) is 25.8. The second-order valence-corrected chi connectivity index (χ2v) is 7.34. The number of nitrogens with zero attached hydrogens (tertiary/aromatic N) is 2. The predicted molar refractivity (Wildman–Crippen MR) is 92.6 cm³/mol. The second-order valence-electron chi connectivity index (χ2n) is 7.34. The average molecular weight is 373 g/mol. The van der Waals surface area contributed by atoms with Gasteiger partial charge in [-0.3, -0.25) is 24.1 Å². The summed E-state index contributed by atoms with van der Waals surface area (Å²) in [7, 11) is 0. The Morgan fingerprint density at radius 3 is 2.33 bits per heavy atom. The van der Waals surface area contributed by atoms with Crippen LogP contribution in [0.15, 0.2) is 12.2 Å². The molecule has 1 N–H and O–H groups in total. The van der Waals surface area contributed by atoms with Crippen molar-refractivity contribution in [1.82, 2.24) is 10.2 Å². The highest BCUT2D eigenvalue weighted by molar-refractivity contribution is 6.05. The summed E-state index contributed by atoms with van der Waals surface area (Å²) in [6.07, 6.45) is 7.71. The van der Waals surface area contributed by atoms with Gasteiger partial charge >= 0.3 is 5.97 Å². The summed E-state index contributed by atoms with van der Waals surface area (Å²) in [5.74, 6) is -2.29. The van der Waals surface area contributed by atoms with E-state index in [2.05, 4.69) is 11.4 Å². The van der Waals surface area contributed by atoms with Crippen molar-refractivity contribution in [3.8, 4) is 6.07 Å². The molecule has 0 bridgehead atoms. The predicted octanol–water partition coefficient (Wildman–Crippen LogP) is 0.823. The number of carbonyl (C=O) groups is 4. The van der Waals surface area contributed by atoms with Crippen molar-refractivity contribution in [1.29, 1.82) is 5.26 Å². The summed E-state index contributed by atoms with van der Waals surface area (Å²) < 4.78 is 4.93. The van der Waals surface area contributed by atoms with Gasteiger partial charge in [0, 0.05) is 6.54 Å². The number of rotatable bonds is 6. The molecule has 144 valence electrons. The first-order chi connectivity index (χ1) is 13.0. The highest BCUT2D eigenvalue weighted by Crippen LogP contribution is 2.35. The van der Waals surface area contributed by atoms with Crippen LogP contribution in [0.25, 0.3) is 0 Å². The lowest BCUT2D eigenvalue weighted by molar-refractivity contribution is -0.150. The van der Waals surface area contributed by atoms with Crippen LogP contribution in [-0.2, 0) is 23.9 Å². The fourth-order valence-electron chi connectivity index (χ4n) is 4.06. The number of likely N-dealkylation sites (tertiary alicyclic amines) is 1. The third-order valence-electron chi connectivity index (χ3n) is 5.55. The van der Waals surface area contributed by atoms with E-state index in [0.717, 1.165) is 17.7 Å². The molecule has 0 aromatic heterocycles. The Morgan fingerprint density at radius 2 is 1.78 bits per heavy atom. The van der Waals surface area contributed by atoms with Gasteiger partial charge in [-0.05, 0) is 38.5 Å². The quantitative estimate of drug-likeness (QED) is 0.419. The Balaban J connectivity index is 1.42. The molecule has 1 saturated heterocycles. The molecule has 3 amide bonds. The summed E-state index contributed by atoms with van der Waals surface area (Å²) in [6, 6.07) is 2.13. The molecular weight excluding hydrogens is 350 g/mol. The van der Waals surface area contributed by atoms with Crippen LogP contribution >= 0.6 is 0 Å². The molecule has 1 heterocycles. The fraction of sp³-hybridized carbons (Fsp3) is 0.632. The number of allylic oxidation sites excluding steroid dienone is 2. The zero-order chi connectivity index (χ0) is 19.4. The van der Waals surface area contributed by atoms with Gasteiger partial charge in [0.05, 0.1) is 24.3 Å². The molecule has 2 atom stereocenters. The molecular formula is C19H23N3O5. The van der Waals surface area contributed by atoms with E-state index >= 15 is 0 Å². The van der Waals surface area contributed by atoms with Crippen LogP contribution in [-0.4, -0.2) is 47.3 Å². The lowest BCUT2D eigenvalue weighted by Gasteiger charge is -2.21. The standard InChI is InChI=1S/C19H23N3O5/c20-12-19(8-3-4-9-19)21-15(23)11-27-16(24)7-10-22-17(25)13-5-1-2-6-14(13)18(22)26/h1-2,13-14H,3-11H2,(H,21,23)/t13-,14-/m0/s1. The van der Waals surface area contributed by atoms with Crippen LogP contribution < -0.4 is 5.32 Å². The minimum atomic E-state index is -0.859. The van der Waals surface area contributed by atoms with Crippen LogP contribution in [0.4, 0.5) is 0 Å². The van der Waals surface area contributed by atoms with Crippen LogP contribution in [0.1, 0.15) is 44.9 Å². The third kappa shape index (κ3) is 4.02. The molecule has 1 saturated carbocycles. The molecule has 27 heavy (non-hydrogen) atoms. The molecule has 0 aromatic rings. The number of carbonyl (C=O) groups excluding carboxylic acids is 4. The van der Waals surface area contributed by atoms with E-state index in [1.54, 1.807) is 0 Å². The van der Waals surface area contributed by atoms with Gasteiger partial charge < -0.3 is 10.1 Å². The van der Waals surface area contributed by atoms with Crippen molar-refractivity contribution in [2.45, 2.75) is 50.5 Å². The molecule has 3 rings (SSSR count). The van der Waals surface area contributed by atoms with Crippen molar-refractivity contribution in [3.05, 3.63) is 12.2 Å². The topological polar surface area (TPSA) is 117 Å². The number of fused-ring (bicyclic) bond motifs is 1.